The zero-order valence-electron chi connectivity index (χ0n) is 8.38. The molecule has 3 nitrogen and oxygen atoms in total. The van der Waals surface area contributed by atoms with Gasteiger partial charge in [-0.05, 0) is 45.1 Å². The summed E-state index contributed by atoms with van der Waals surface area (Å²) in [6.07, 6.45) is 5.27. The summed E-state index contributed by atoms with van der Waals surface area (Å²) in [7, 11) is 0. The molecule has 0 aliphatic heterocycles. The maximum Gasteiger partial charge on any atom is 0.217 e. The van der Waals surface area contributed by atoms with Crippen molar-refractivity contribution >= 4 is 5.91 Å². The Morgan fingerprint density at radius 1 is 1.54 bits per heavy atom. The van der Waals surface area contributed by atoms with E-state index < -0.39 is 0 Å². The van der Waals surface area contributed by atoms with E-state index in [1.165, 1.54) is 12.8 Å². The minimum atomic E-state index is -0.185. The van der Waals surface area contributed by atoms with Crippen LogP contribution in [0.1, 0.15) is 39.0 Å². The van der Waals surface area contributed by atoms with Crippen LogP contribution in [0.5, 0.6) is 0 Å². The van der Waals surface area contributed by atoms with Crippen LogP contribution in [0.3, 0.4) is 0 Å². The molecule has 1 aliphatic rings. The van der Waals surface area contributed by atoms with Crippen molar-refractivity contribution in [1.29, 1.82) is 0 Å². The third kappa shape index (κ3) is 4.88. The quantitative estimate of drug-likeness (QED) is 0.581. The number of nitrogens with two attached hydrogens (primary N) is 1. The normalized spacial score (nSPS) is 18.5. The topological polar surface area (TPSA) is 55.1 Å². The number of primary amides is 1. The zero-order valence-corrected chi connectivity index (χ0v) is 8.38. The molecule has 1 unspecified atom stereocenters. The third-order valence-corrected chi connectivity index (χ3v) is 2.65. The molecule has 0 saturated heterocycles. The van der Waals surface area contributed by atoms with Crippen LogP contribution in [-0.4, -0.2) is 18.5 Å². The van der Waals surface area contributed by atoms with E-state index in [2.05, 4.69) is 12.2 Å². The van der Waals surface area contributed by atoms with Crippen LogP contribution in [0.15, 0.2) is 0 Å². The molecule has 1 fully saturated rings. The smallest absolute Gasteiger partial charge is 0.217 e. The SMILES string of the molecule is CC(NCCCCC(N)=O)C1CC1. The predicted molar refractivity (Wildman–Crippen MR) is 53.2 cm³/mol. The number of unbranched alkanes of at least 4 members (excludes halogenated alkanes) is 1. The monoisotopic (exact) mass is 184 g/mol. The molecule has 0 spiro atoms. The van der Waals surface area contributed by atoms with Crippen LogP contribution in [0.2, 0.25) is 0 Å². The van der Waals surface area contributed by atoms with Gasteiger partial charge in [-0.15, -0.1) is 0 Å². The van der Waals surface area contributed by atoms with Gasteiger partial charge in [0.05, 0.1) is 0 Å². The summed E-state index contributed by atoms with van der Waals surface area (Å²) in [6, 6.07) is 0.661. The number of hydrogen-bond acceptors (Lipinski definition) is 2. The van der Waals surface area contributed by atoms with Gasteiger partial charge in [0.1, 0.15) is 0 Å². The lowest BCUT2D eigenvalue weighted by molar-refractivity contribution is -0.118. The standard InChI is InChI=1S/C10H20N2O/c1-8(9-5-6-9)12-7-3-2-4-10(11)13/h8-9,12H,2-7H2,1H3,(H2,11,13). The van der Waals surface area contributed by atoms with Crippen molar-refractivity contribution in [3.05, 3.63) is 0 Å². The summed E-state index contributed by atoms with van der Waals surface area (Å²) in [4.78, 5) is 10.4. The lowest BCUT2D eigenvalue weighted by Crippen LogP contribution is -2.28. The molecular formula is C10H20N2O. The van der Waals surface area contributed by atoms with Gasteiger partial charge in [0.2, 0.25) is 5.91 Å². The second-order valence-electron chi connectivity index (χ2n) is 4.00. The van der Waals surface area contributed by atoms with E-state index in [0.29, 0.717) is 12.5 Å². The third-order valence-electron chi connectivity index (χ3n) is 2.65. The van der Waals surface area contributed by atoms with E-state index in [9.17, 15) is 4.79 Å². The average molecular weight is 184 g/mol. The van der Waals surface area contributed by atoms with Crippen LogP contribution < -0.4 is 11.1 Å². The lowest BCUT2D eigenvalue weighted by Gasteiger charge is -2.11. The Morgan fingerprint density at radius 2 is 2.23 bits per heavy atom. The molecule has 76 valence electrons. The number of carbonyl (C=O) groups is 1. The van der Waals surface area contributed by atoms with Crippen molar-refractivity contribution in [2.45, 2.75) is 45.1 Å². The van der Waals surface area contributed by atoms with Gasteiger partial charge in [-0.3, -0.25) is 4.79 Å². The molecule has 0 aromatic heterocycles. The van der Waals surface area contributed by atoms with Gasteiger partial charge in [-0.1, -0.05) is 0 Å². The first kappa shape index (κ1) is 10.5. The first-order valence-corrected chi connectivity index (χ1v) is 5.22. The molecule has 0 aromatic carbocycles. The molecule has 13 heavy (non-hydrogen) atoms. The van der Waals surface area contributed by atoms with E-state index in [1.54, 1.807) is 0 Å². The molecule has 3 N–H and O–H groups in total. The van der Waals surface area contributed by atoms with E-state index in [0.717, 1.165) is 25.3 Å². The highest BCUT2D eigenvalue weighted by Gasteiger charge is 2.26. The van der Waals surface area contributed by atoms with Crippen LogP contribution in [0, 0.1) is 5.92 Å². The fraction of sp³-hybridized carbons (Fsp3) is 0.900. The largest absolute Gasteiger partial charge is 0.370 e. The van der Waals surface area contributed by atoms with Crippen molar-refractivity contribution in [3.8, 4) is 0 Å². The molecule has 0 heterocycles. The predicted octanol–water partition coefficient (Wildman–Crippen LogP) is 1.03. The van der Waals surface area contributed by atoms with E-state index in [4.69, 9.17) is 5.73 Å². The van der Waals surface area contributed by atoms with Gasteiger partial charge < -0.3 is 11.1 Å². The Bertz CT molecular complexity index is 166. The van der Waals surface area contributed by atoms with Gasteiger partial charge in [-0.2, -0.15) is 0 Å². The molecule has 1 amide bonds. The minimum absolute atomic E-state index is 0.185. The molecule has 1 saturated carbocycles. The fourth-order valence-electron chi connectivity index (χ4n) is 1.52. The summed E-state index contributed by atoms with van der Waals surface area (Å²) in [5, 5.41) is 3.47. The Morgan fingerprint density at radius 3 is 2.77 bits per heavy atom. The first-order chi connectivity index (χ1) is 6.20. The summed E-state index contributed by atoms with van der Waals surface area (Å²) in [6.45, 7) is 3.26. The van der Waals surface area contributed by atoms with Crippen molar-refractivity contribution in [2.75, 3.05) is 6.54 Å². The second-order valence-corrected chi connectivity index (χ2v) is 4.00. The highest BCUT2D eigenvalue weighted by Crippen LogP contribution is 2.32. The molecule has 0 radical (unpaired) electrons. The van der Waals surface area contributed by atoms with Crippen molar-refractivity contribution < 1.29 is 4.79 Å². The van der Waals surface area contributed by atoms with Gasteiger partial charge in [0, 0.05) is 12.5 Å². The van der Waals surface area contributed by atoms with Gasteiger partial charge in [0.25, 0.3) is 0 Å². The number of rotatable bonds is 7. The van der Waals surface area contributed by atoms with Gasteiger partial charge in [0.15, 0.2) is 0 Å². The number of carbonyl (C=O) groups excluding carboxylic acids is 1. The maximum absolute atomic E-state index is 10.4. The Kier molecular flexibility index (Phi) is 4.22. The number of nitrogens with one attached hydrogen (secondary N) is 1. The van der Waals surface area contributed by atoms with Gasteiger partial charge in [-0.25, -0.2) is 0 Å². The first-order valence-electron chi connectivity index (χ1n) is 5.22. The maximum atomic E-state index is 10.4. The average Bonchev–Trinajstić information content (AvgIpc) is 2.85. The Labute approximate surface area is 80.1 Å². The van der Waals surface area contributed by atoms with Crippen LogP contribution in [0.25, 0.3) is 0 Å². The molecule has 0 bridgehead atoms. The summed E-state index contributed by atoms with van der Waals surface area (Å²) in [5.41, 5.74) is 5.03. The van der Waals surface area contributed by atoms with E-state index in [-0.39, 0.29) is 5.91 Å². The summed E-state index contributed by atoms with van der Waals surface area (Å²) < 4.78 is 0. The molecule has 1 atom stereocenters. The second kappa shape index (κ2) is 5.22. The molecule has 3 heteroatoms. The van der Waals surface area contributed by atoms with Crippen LogP contribution >= 0.6 is 0 Å². The van der Waals surface area contributed by atoms with Crippen molar-refractivity contribution in [1.82, 2.24) is 5.32 Å². The van der Waals surface area contributed by atoms with E-state index in [1.807, 2.05) is 0 Å². The van der Waals surface area contributed by atoms with Crippen molar-refractivity contribution in [2.24, 2.45) is 11.7 Å². The minimum Gasteiger partial charge on any atom is -0.370 e. The van der Waals surface area contributed by atoms with Crippen LogP contribution in [-0.2, 0) is 4.79 Å². The lowest BCUT2D eigenvalue weighted by atomic mass is 10.2. The molecule has 0 aromatic rings. The molecule has 1 aliphatic carbocycles. The highest BCUT2D eigenvalue weighted by atomic mass is 16.1. The van der Waals surface area contributed by atoms with Gasteiger partial charge >= 0.3 is 0 Å². The molecular weight excluding hydrogens is 164 g/mol. The van der Waals surface area contributed by atoms with Crippen molar-refractivity contribution in [3.63, 3.8) is 0 Å². The van der Waals surface area contributed by atoms with E-state index >= 15 is 0 Å². The number of hydrogen-bond donors (Lipinski definition) is 2. The number of amides is 1. The summed E-state index contributed by atoms with van der Waals surface area (Å²) in [5.74, 6) is 0.728. The Balaban J connectivity index is 1.85. The molecule has 1 rings (SSSR count). The highest BCUT2D eigenvalue weighted by molar-refractivity contribution is 5.73. The fourth-order valence-corrected chi connectivity index (χ4v) is 1.52. The van der Waals surface area contributed by atoms with Crippen LogP contribution in [0.4, 0.5) is 0 Å². The zero-order chi connectivity index (χ0) is 9.68. The Hall–Kier alpha value is -0.570. The summed E-state index contributed by atoms with van der Waals surface area (Å²) >= 11 is 0.